The number of hydrogen-bond acceptors (Lipinski definition) is 1. The molecule has 0 saturated carbocycles. The summed E-state index contributed by atoms with van der Waals surface area (Å²) >= 11 is 0. The molecule has 0 aliphatic carbocycles. The first-order valence-electron chi connectivity index (χ1n) is 8.72. The van der Waals surface area contributed by atoms with E-state index in [1.165, 1.54) is 51.3 Å². The summed E-state index contributed by atoms with van der Waals surface area (Å²) in [7, 11) is 0. The highest BCUT2D eigenvalue weighted by Gasteiger charge is 2.16. The third-order valence-corrected chi connectivity index (χ3v) is 5.17. The molecule has 118 valence electrons. The van der Waals surface area contributed by atoms with E-state index in [2.05, 4.69) is 77.0 Å². The second kappa shape index (κ2) is 5.50. The number of aromatic nitrogens is 1. The summed E-state index contributed by atoms with van der Waals surface area (Å²) in [6.45, 7) is 1.14. The van der Waals surface area contributed by atoms with Crippen LogP contribution in [0.2, 0.25) is 0 Å². The number of rotatable bonds is 2. The lowest BCUT2D eigenvalue weighted by atomic mass is 10.0. The summed E-state index contributed by atoms with van der Waals surface area (Å²) in [5.74, 6) is 0. The fourth-order valence-electron chi connectivity index (χ4n) is 3.85. The summed E-state index contributed by atoms with van der Waals surface area (Å²) in [5, 5.41) is 7.45. The third-order valence-electron chi connectivity index (χ3n) is 5.17. The van der Waals surface area contributed by atoms with Crippen molar-refractivity contribution in [3.63, 3.8) is 0 Å². The second-order valence-electron chi connectivity index (χ2n) is 6.74. The predicted molar refractivity (Wildman–Crippen MR) is 101 cm³/mol. The maximum atomic E-state index is 3.59. The van der Waals surface area contributed by atoms with Crippen molar-refractivity contribution in [1.29, 1.82) is 0 Å². The number of aromatic amines is 1. The zero-order valence-corrected chi connectivity index (χ0v) is 13.5. The molecule has 0 radical (unpaired) electrons. The Morgan fingerprint density at radius 1 is 0.792 bits per heavy atom. The molecule has 2 N–H and O–H groups in total. The Bertz CT molecular complexity index is 1020. The van der Waals surface area contributed by atoms with Gasteiger partial charge >= 0.3 is 0 Å². The summed E-state index contributed by atoms with van der Waals surface area (Å²) in [6.07, 6.45) is 2.52. The molecule has 2 heterocycles. The number of nitrogens with one attached hydrogen (secondary N) is 2. The van der Waals surface area contributed by atoms with Gasteiger partial charge in [-0.15, -0.1) is 0 Å². The average molecular weight is 312 g/mol. The van der Waals surface area contributed by atoms with E-state index < -0.39 is 0 Å². The van der Waals surface area contributed by atoms with Crippen LogP contribution in [0.15, 0.2) is 66.7 Å². The van der Waals surface area contributed by atoms with Crippen LogP contribution in [0.5, 0.6) is 0 Å². The Kier molecular flexibility index (Phi) is 3.17. The van der Waals surface area contributed by atoms with Crippen LogP contribution < -0.4 is 5.32 Å². The van der Waals surface area contributed by atoms with Gasteiger partial charge in [-0.1, -0.05) is 42.5 Å². The van der Waals surface area contributed by atoms with Gasteiger partial charge in [-0.25, -0.2) is 0 Å². The summed E-state index contributed by atoms with van der Waals surface area (Å²) < 4.78 is 0. The van der Waals surface area contributed by atoms with E-state index >= 15 is 0 Å². The molecule has 0 spiro atoms. The van der Waals surface area contributed by atoms with Crippen molar-refractivity contribution in [3.8, 4) is 11.3 Å². The Morgan fingerprint density at radius 3 is 2.58 bits per heavy atom. The zero-order valence-electron chi connectivity index (χ0n) is 13.5. The molecule has 0 bridgehead atoms. The Labute approximate surface area is 141 Å². The first-order valence-corrected chi connectivity index (χ1v) is 8.72. The monoisotopic (exact) mass is 312 g/mol. The van der Waals surface area contributed by atoms with Crippen LogP contribution in [0.1, 0.15) is 24.4 Å². The maximum Gasteiger partial charge on any atom is 0.0465 e. The van der Waals surface area contributed by atoms with Crippen LogP contribution in [0.25, 0.3) is 32.9 Å². The summed E-state index contributed by atoms with van der Waals surface area (Å²) in [4.78, 5) is 3.57. The Balaban J connectivity index is 1.58. The van der Waals surface area contributed by atoms with Gasteiger partial charge < -0.3 is 10.3 Å². The van der Waals surface area contributed by atoms with Crippen molar-refractivity contribution >= 4 is 21.7 Å². The van der Waals surface area contributed by atoms with Gasteiger partial charge in [0.25, 0.3) is 0 Å². The first-order chi connectivity index (χ1) is 11.9. The maximum absolute atomic E-state index is 3.59. The van der Waals surface area contributed by atoms with Crippen LogP contribution in [-0.4, -0.2) is 11.5 Å². The predicted octanol–water partition coefficient (Wildman–Crippen LogP) is 5.41. The van der Waals surface area contributed by atoms with Gasteiger partial charge in [0, 0.05) is 22.6 Å². The lowest BCUT2D eigenvalue weighted by Gasteiger charge is -2.10. The summed E-state index contributed by atoms with van der Waals surface area (Å²) in [6, 6.07) is 24.8. The topological polar surface area (TPSA) is 27.8 Å². The highest BCUT2D eigenvalue weighted by molar-refractivity contribution is 5.90. The first kappa shape index (κ1) is 13.8. The minimum absolute atomic E-state index is 0.522. The Hall–Kier alpha value is -2.58. The lowest BCUT2D eigenvalue weighted by Crippen LogP contribution is -2.12. The molecule has 1 aromatic heterocycles. The second-order valence-corrected chi connectivity index (χ2v) is 6.74. The minimum atomic E-state index is 0.522. The van der Waals surface area contributed by atoms with E-state index in [9.17, 15) is 0 Å². The molecule has 2 heteroatoms. The van der Waals surface area contributed by atoms with Crippen molar-refractivity contribution in [3.05, 3.63) is 72.3 Å². The van der Waals surface area contributed by atoms with Crippen molar-refractivity contribution in [2.45, 2.75) is 18.9 Å². The van der Waals surface area contributed by atoms with E-state index in [4.69, 9.17) is 0 Å². The molecule has 1 unspecified atom stereocenters. The highest BCUT2D eigenvalue weighted by atomic mass is 14.9. The van der Waals surface area contributed by atoms with Gasteiger partial charge in [0.1, 0.15) is 0 Å². The van der Waals surface area contributed by atoms with E-state index in [0.717, 1.165) is 6.54 Å². The van der Waals surface area contributed by atoms with Crippen LogP contribution in [-0.2, 0) is 0 Å². The Morgan fingerprint density at radius 2 is 1.71 bits per heavy atom. The van der Waals surface area contributed by atoms with Gasteiger partial charge in [-0.2, -0.15) is 0 Å². The van der Waals surface area contributed by atoms with Crippen LogP contribution in [0.4, 0.5) is 0 Å². The van der Waals surface area contributed by atoms with Crippen molar-refractivity contribution in [2.24, 2.45) is 0 Å². The van der Waals surface area contributed by atoms with Crippen molar-refractivity contribution in [2.75, 3.05) is 6.54 Å². The van der Waals surface area contributed by atoms with Crippen molar-refractivity contribution < 1.29 is 0 Å². The van der Waals surface area contributed by atoms with Crippen LogP contribution in [0.3, 0.4) is 0 Å². The number of H-pyrrole nitrogens is 1. The van der Waals surface area contributed by atoms with E-state index in [1.54, 1.807) is 0 Å². The van der Waals surface area contributed by atoms with Crippen LogP contribution >= 0.6 is 0 Å². The van der Waals surface area contributed by atoms with Gasteiger partial charge in [-0.3, -0.25) is 0 Å². The van der Waals surface area contributed by atoms with E-state index in [0.29, 0.717) is 6.04 Å². The molecule has 1 aliphatic rings. The molecule has 3 aromatic carbocycles. The number of benzene rings is 3. The molecule has 2 nitrogen and oxygen atoms in total. The highest BCUT2D eigenvalue weighted by Crippen LogP contribution is 2.30. The molecule has 4 aromatic rings. The van der Waals surface area contributed by atoms with Gasteiger partial charge in [-0.05, 0) is 65.6 Å². The van der Waals surface area contributed by atoms with E-state index in [1.807, 2.05) is 0 Å². The SMILES string of the molecule is c1ccc2cc(-c3cc4cc(C5CCCN5)ccc4[nH]3)ccc2c1. The number of fused-ring (bicyclic) bond motifs is 2. The van der Waals surface area contributed by atoms with Crippen molar-refractivity contribution in [1.82, 2.24) is 10.3 Å². The third kappa shape index (κ3) is 2.31. The summed E-state index contributed by atoms with van der Waals surface area (Å²) in [5.41, 5.74) is 5.04. The quantitative estimate of drug-likeness (QED) is 0.509. The normalized spacial score (nSPS) is 17.8. The molecule has 1 saturated heterocycles. The molecule has 1 atom stereocenters. The zero-order chi connectivity index (χ0) is 15.9. The van der Waals surface area contributed by atoms with Gasteiger partial charge in [0.2, 0.25) is 0 Å². The van der Waals surface area contributed by atoms with Crippen LogP contribution in [0, 0.1) is 0 Å². The molecular weight excluding hydrogens is 292 g/mol. The molecule has 1 fully saturated rings. The molecular formula is C22H20N2. The number of hydrogen-bond donors (Lipinski definition) is 2. The fraction of sp³-hybridized carbons (Fsp3) is 0.182. The average Bonchev–Trinajstić information content (AvgIpc) is 3.30. The standard InChI is InChI=1S/C22H20N2/c1-2-5-16-12-18(8-7-15(16)4-1)22-14-19-13-17(9-10-21(19)24-22)20-6-3-11-23-20/h1-2,4-5,7-10,12-14,20,23-24H,3,6,11H2. The minimum Gasteiger partial charge on any atom is -0.355 e. The molecule has 5 rings (SSSR count). The van der Waals surface area contributed by atoms with E-state index in [-0.39, 0.29) is 0 Å². The van der Waals surface area contributed by atoms with Gasteiger partial charge in [0.05, 0.1) is 0 Å². The largest absolute Gasteiger partial charge is 0.355 e. The molecule has 1 aliphatic heterocycles. The van der Waals surface area contributed by atoms with Gasteiger partial charge in [0.15, 0.2) is 0 Å². The molecule has 0 amide bonds. The smallest absolute Gasteiger partial charge is 0.0465 e. The lowest BCUT2D eigenvalue weighted by molar-refractivity contribution is 0.648. The molecule has 24 heavy (non-hydrogen) atoms. The fourth-order valence-corrected chi connectivity index (χ4v) is 3.85.